The first-order chi connectivity index (χ1) is 13.8. The van der Waals surface area contributed by atoms with Gasteiger partial charge in [-0.25, -0.2) is 4.39 Å². The molecule has 1 atom stereocenters. The molecule has 0 aliphatic carbocycles. The highest BCUT2D eigenvalue weighted by molar-refractivity contribution is 6.30. The van der Waals surface area contributed by atoms with Crippen molar-refractivity contribution in [2.75, 3.05) is 0 Å². The van der Waals surface area contributed by atoms with E-state index in [1.165, 1.54) is 12.1 Å². The Morgan fingerprint density at radius 2 is 1.79 bits per heavy atom. The summed E-state index contributed by atoms with van der Waals surface area (Å²) in [4.78, 5) is 15.1. The SMILES string of the molecule is CC(C)[C@H](C)N(Cc1cccn1Cc1cccc(Cl)c1)C(=O)c1ccc(F)cc1. The van der Waals surface area contributed by atoms with Crippen molar-refractivity contribution >= 4 is 17.5 Å². The van der Waals surface area contributed by atoms with Gasteiger partial charge >= 0.3 is 0 Å². The first-order valence-electron chi connectivity index (χ1n) is 9.80. The largest absolute Gasteiger partial charge is 0.345 e. The first kappa shape index (κ1) is 21.1. The maximum absolute atomic E-state index is 13.3. The number of amides is 1. The van der Waals surface area contributed by atoms with E-state index in [2.05, 4.69) is 25.3 Å². The second kappa shape index (κ2) is 9.27. The molecule has 0 saturated heterocycles. The van der Waals surface area contributed by atoms with Gasteiger partial charge in [0.1, 0.15) is 5.82 Å². The lowest BCUT2D eigenvalue weighted by Crippen LogP contribution is -2.41. The lowest BCUT2D eigenvalue weighted by atomic mass is 10.0. The van der Waals surface area contributed by atoms with Crippen LogP contribution >= 0.6 is 11.6 Å². The van der Waals surface area contributed by atoms with Crippen LogP contribution in [0.4, 0.5) is 4.39 Å². The van der Waals surface area contributed by atoms with Crippen molar-refractivity contribution in [2.24, 2.45) is 5.92 Å². The normalized spacial score (nSPS) is 12.2. The van der Waals surface area contributed by atoms with Gasteiger partial charge in [-0.2, -0.15) is 0 Å². The molecule has 3 aromatic rings. The van der Waals surface area contributed by atoms with E-state index in [9.17, 15) is 9.18 Å². The number of hydrogen-bond acceptors (Lipinski definition) is 1. The molecule has 2 aromatic carbocycles. The van der Waals surface area contributed by atoms with E-state index < -0.39 is 0 Å². The standard InChI is InChI=1S/C24H26ClFN2O/c1-17(2)18(3)28(24(29)20-9-11-22(26)12-10-20)16-23-8-5-13-27(23)15-19-6-4-7-21(25)14-19/h4-14,17-18H,15-16H2,1-3H3/t18-/m0/s1. The van der Waals surface area contributed by atoms with Crippen LogP contribution < -0.4 is 0 Å². The van der Waals surface area contributed by atoms with E-state index >= 15 is 0 Å². The molecule has 0 aliphatic rings. The minimum atomic E-state index is -0.347. The zero-order valence-electron chi connectivity index (χ0n) is 17.0. The van der Waals surface area contributed by atoms with Crippen LogP contribution in [-0.4, -0.2) is 21.4 Å². The number of halogens is 2. The van der Waals surface area contributed by atoms with Gasteiger partial charge in [-0.15, -0.1) is 0 Å². The molecule has 3 nitrogen and oxygen atoms in total. The minimum Gasteiger partial charge on any atom is -0.345 e. The van der Waals surface area contributed by atoms with Crippen LogP contribution in [0.25, 0.3) is 0 Å². The minimum absolute atomic E-state index is 0.0297. The third-order valence-corrected chi connectivity index (χ3v) is 5.54. The van der Waals surface area contributed by atoms with Crippen LogP contribution in [0.1, 0.15) is 42.4 Å². The van der Waals surface area contributed by atoms with Gasteiger partial charge in [-0.1, -0.05) is 37.6 Å². The Bertz CT molecular complexity index is 965. The Hall–Kier alpha value is -2.59. The van der Waals surface area contributed by atoms with Crippen LogP contribution in [0.2, 0.25) is 5.02 Å². The van der Waals surface area contributed by atoms with E-state index in [1.54, 1.807) is 12.1 Å². The van der Waals surface area contributed by atoms with E-state index in [-0.39, 0.29) is 23.7 Å². The number of benzene rings is 2. The molecule has 29 heavy (non-hydrogen) atoms. The predicted molar refractivity (Wildman–Crippen MR) is 116 cm³/mol. The fourth-order valence-corrected chi connectivity index (χ4v) is 3.49. The van der Waals surface area contributed by atoms with Gasteiger partial charge in [0.25, 0.3) is 5.91 Å². The van der Waals surface area contributed by atoms with Crippen LogP contribution in [0.5, 0.6) is 0 Å². The zero-order chi connectivity index (χ0) is 21.0. The molecular formula is C24H26ClFN2O. The van der Waals surface area contributed by atoms with E-state index in [0.717, 1.165) is 11.3 Å². The first-order valence-corrected chi connectivity index (χ1v) is 10.2. The summed E-state index contributed by atoms with van der Waals surface area (Å²) in [7, 11) is 0. The summed E-state index contributed by atoms with van der Waals surface area (Å²) < 4.78 is 15.4. The molecule has 1 heterocycles. The van der Waals surface area contributed by atoms with E-state index in [0.29, 0.717) is 23.7 Å². The number of carbonyl (C=O) groups excluding carboxylic acids is 1. The molecule has 5 heteroatoms. The third-order valence-electron chi connectivity index (χ3n) is 5.31. The average molecular weight is 413 g/mol. The van der Waals surface area contributed by atoms with Gasteiger partial charge < -0.3 is 9.47 Å². The highest BCUT2D eigenvalue weighted by Gasteiger charge is 2.25. The second-order valence-electron chi connectivity index (χ2n) is 7.68. The summed E-state index contributed by atoms with van der Waals surface area (Å²) in [6.07, 6.45) is 2.01. The second-order valence-corrected chi connectivity index (χ2v) is 8.12. The van der Waals surface area contributed by atoms with Gasteiger partial charge in [0.2, 0.25) is 0 Å². The molecule has 0 N–H and O–H groups in total. The fraction of sp³-hybridized carbons (Fsp3) is 0.292. The quantitative estimate of drug-likeness (QED) is 0.466. The van der Waals surface area contributed by atoms with Crippen LogP contribution in [0.3, 0.4) is 0 Å². The van der Waals surface area contributed by atoms with E-state index in [1.807, 2.05) is 47.5 Å². The molecule has 0 bridgehead atoms. The number of nitrogens with zero attached hydrogens (tertiary/aromatic N) is 2. The fourth-order valence-electron chi connectivity index (χ4n) is 3.27. The molecule has 0 aliphatic heterocycles. The van der Waals surface area contributed by atoms with E-state index in [4.69, 9.17) is 11.6 Å². The molecule has 1 aromatic heterocycles. The Balaban J connectivity index is 1.86. The smallest absolute Gasteiger partial charge is 0.254 e. The Morgan fingerprint density at radius 1 is 1.07 bits per heavy atom. The zero-order valence-corrected chi connectivity index (χ0v) is 17.7. The van der Waals surface area contributed by atoms with Gasteiger partial charge in [-0.3, -0.25) is 4.79 Å². The maximum atomic E-state index is 13.3. The van der Waals surface area contributed by atoms with Gasteiger partial charge in [0.05, 0.1) is 6.54 Å². The van der Waals surface area contributed by atoms with Crippen molar-refractivity contribution in [3.8, 4) is 0 Å². The summed E-state index contributed by atoms with van der Waals surface area (Å²) in [5.74, 6) is -0.155. The van der Waals surface area contributed by atoms with Gasteiger partial charge in [0, 0.05) is 35.1 Å². The predicted octanol–water partition coefficient (Wildman–Crippen LogP) is 6.02. The number of rotatable bonds is 7. The molecule has 152 valence electrons. The summed E-state index contributed by atoms with van der Waals surface area (Å²) in [6, 6.07) is 17.6. The average Bonchev–Trinajstić information content (AvgIpc) is 3.12. The lowest BCUT2D eigenvalue weighted by Gasteiger charge is -2.32. The Kier molecular flexibility index (Phi) is 6.75. The van der Waals surface area contributed by atoms with Crippen molar-refractivity contribution in [2.45, 2.75) is 39.9 Å². The molecule has 0 unspecified atom stereocenters. The summed E-state index contributed by atoms with van der Waals surface area (Å²) in [5, 5.41) is 0.706. The van der Waals surface area contributed by atoms with Crippen molar-refractivity contribution in [3.05, 3.63) is 94.5 Å². The monoisotopic (exact) mass is 412 g/mol. The highest BCUT2D eigenvalue weighted by atomic mass is 35.5. The van der Waals surface area contributed by atoms with Gasteiger partial charge in [0.15, 0.2) is 0 Å². The number of hydrogen-bond donors (Lipinski definition) is 0. The number of carbonyl (C=O) groups is 1. The number of aromatic nitrogens is 1. The van der Waals surface area contributed by atoms with Crippen molar-refractivity contribution in [3.63, 3.8) is 0 Å². The maximum Gasteiger partial charge on any atom is 0.254 e. The summed E-state index contributed by atoms with van der Waals surface area (Å²) >= 11 is 6.12. The van der Waals surface area contributed by atoms with Crippen LogP contribution in [0.15, 0.2) is 66.9 Å². The highest BCUT2D eigenvalue weighted by Crippen LogP contribution is 2.20. The van der Waals surface area contributed by atoms with Crippen molar-refractivity contribution in [1.82, 2.24) is 9.47 Å². The summed E-state index contributed by atoms with van der Waals surface area (Å²) in [5.41, 5.74) is 2.63. The lowest BCUT2D eigenvalue weighted by molar-refractivity contribution is 0.0622. The Labute approximate surface area is 176 Å². The Morgan fingerprint density at radius 3 is 2.45 bits per heavy atom. The van der Waals surface area contributed by atoms with Gasteiger partial charge in [-0.05, 0) is 66.9 Å². The topological polar surface area (TPSA) is 25.2 Å². The van der Waals surface area contributed by atoms with Crippen molar-refractivity contribution < 1.29 is 9.18 Å². The molecule has 3 rings (SSSR count). The van der Waals surface area contributed by atoms with Crippen LogP contribution in [-0.2, 0) is 13.1 Å². The molecule has 0 radical (unpaired) electrons. The molecule has 0 fully saturated rings. The van der Waals surface area contributed by atoms with Crippen LogP contribution in [0, 0.1) is 11.7 Å². The molecule has 0 saturated carbocycles. The molecular weight excluding hydrogens is 387 g/mol. The third kappa shape index (κ3) is 5.27. The van der Waals surface area contributed by atoms with Crippen molar-refractivity contribution in [1.29, 1.82) is 0 Å². The summed E-state index contributed by atoms with van der Waals surface area (Å²) in [6.45, 7) is 7.40. The molecule has 1 amide bonds. The molecule has 0 spiro atoms.